The van der Waals surface area contributed by atoms with Gasteiger partial charge in [-0.05, 0) is 103 Å². The Morgan fingerprint density at radius 2 is 1.13 bits per heavy atom. The molecule has 3 heteroatoms. The SMILES string of the molecule is COc1ccc(-c2ccc(Nc3cccc(-c4ccc(C#N)cc4)c3-c3ccc4ccc5cccc6ccc3c4c56)cc2)cc1. The molecule has 0 spiro atoms. The van der Waals surface area contributed by atoms with E-state index < -0.39 is 0 Å². The zero-order valence-electron chi connectivity index (χ0n) is 24.7. The van der Waals surface area contributed by atoms with E-state index in [4.69, 9.17) is 4.74 Å². The maximum atomic E-state index is 9.44. The maximum absolute atomic E-state index is 9.44. The van der Waals surface area contributed by atoms with E-state index in [1.807, 2.05) is 36.4 Å². The normalized spacial score (nSPS) is 11.2. The van der Waals surface area contributed by atoms with Crippen molar-refractivity contribution in [3.05, 3.63) is 151 Å². The molecule has 0 fully saturated rings. The van der Waals surface area contributed by atoms with Gasteiger partial charge >= 0.3 is 0 Å². The summed E-state index contributed by atoms with van der Waals surface area (Å²) in [7, 11) is 1.68. The molecule has 1 N–H and O–H groups in total. The molecule has 0 aromatic heterocycles. The number of hydrogen-bond donors (Lipinski definition) is 1. The lowest BCUT2D eigenvalue weighted by Gasteiger charge is -2.20. The molecule has 0 heterocycles. The summed E-state index contributed by atoms with van der Waals surface area (Å²) >= 11 is 0. The van der Waals surface area contributed by atoms with Gasteiger partial charge in [-0.15, -0.1) is 0 Å². The number of benzene rings is 8. The number of hydrogen-bond acceptors (Lipinski definition) is 3. The first-order chi connectivity index (χ1) is 22.2. The molecule has 0 amide bonds. The highest BCUT2D eigenvalue weighted by Gasteiger charge is 2.18. The monoisotopic (exact) mass is 576 g/mol. The Morgan fingerprint density at radius 3 is 1.82 bits per heavy atom. The first kappa shape index (κ1) is 26.5. The molecule has 0 aliphatic heterocycles. The average molecular weight is 577 g/mol. The van der Waals surface area contributed by atoms with Gasteiger partial charge in [-0.1, -0.05) is 103 Å². The molecule has 0 bridgehead atoms. The van der Waals surface area contributed by atoms with Crippen molar-refractivity contribution in [3.63, 3.8) is 0 Å². The standard InChI is InChI=1S/C42H28N2O/c1-45-35-22-16-29(17-23-35)28-14-20-34(21-15-28)44-39-7-3-6-36(30-10-8-27(26-43)9-11-30)42(39)38-25-19-33-13-12-31-4-2-5-32-18-24-37(38)41(33)40(31)32/h2-25,44H,1H3. The first-order valence-corrected chi connectivity index (χ1v) is 15.0. The fraction of sp³-hybridized carbons (Fsp3) is 0.0238. The third-order valence-electron chi connectivity index (χ3n) is 8.77. The number of ether oxygens (including phenoxy) is 1. The van der Waals surface area contributed by atoms with Crippen LogP contribution in [0.1, 0.15) is 5.56 Å². The average Bonchev–Trinajstić information content (AvgIpc) is 3.11. The van der Waals surface area contributed by atoms with Crippen LogP contribution >= 0.6 is 0 Å². The molecular weight excluding hydrogens is 548 g/mol. The van der Waals surface area contributed by atoms with Gasteiger partial charge in [0.15, 0.2) is 0 Å². The highest BCUT2D eigenvalue weighted by molar-refractivity contribution is 6.26. The molecule has 8 aromatic carbocycles. The minimum absolute atomic E-state index is 0.647. The molecule has 0 aliphatic carbocycles. The lowest BCUT2D eigenvalue weighted by molar-refractivity contribution is 0.415. The molecule has 0 saturated carbocycles. The summed E-state index contributed by atoms with van der Waals surface area (Å²) in [5, 5.41) is 20.7. The second kappa shape index (κ2) is 10.9. The van der Waals surface area contributed by atoms with Crippen LogP contribution in [0.5, 0.6) is 5.75 Å². The molecule has 45 heavy (non-hydrogen) atoms. The lowest BCUT2D eigenvalue weighted by atomic mass is 9.86. The number of nitrogens with zero attached hydrogens (tertiary/aromatic N) is 1. The molecule has 0 saturated heterocycles. The molecule has 0 unspecified atom stereocenters. The molecule has 0 radical (unpaired) electrons. The predicted molar refractivity (Wildman–Crippen MR) is 187 cm³/mol. The summed E-state index contributed by atoms with van der Waals surface area (Å²) in [5.41, 5.74) is 9.41. The Balaban J connectivity index is 1.30. The molecule has 8 rings (SSSR count). The van der Waals surface area contributed by atoms with E-state index in [9.17, 15) is 5.26 Å². The van der Waals surface area contributed by atoms with Crippen molar-refractivity contribution in [3.8, 4) is 45.2 Å². The summed E-state index contributed by atoms with van der Waals surface area (Å²) < 4.78 is 5.33. The third-order valence-corrected chi connectivity index (χ3v) is 8.77. The Bertz CT molecular complexity index is 2350. The van der Waals surface area contributed by atoms with Gasteiger partial charge < -0.3 is 10.1 Å². The molecule has 0 aliphatic rings. The van der Waals surface area contributed by atoms with Gasteiger partial charge in [0, 0.05) is 16.9 Å². The highest BCUT2D eigenvalue weighted by atomic mass is 16.5. The lowest BCUT2D eigenvalue weighted by Crippen LogP contribution is -1.97. The van der Waals surface area contributed by atoms with E-state index in [0.29, 0.717) is 5.56 Å². The van der Waals surface area contributed by atoms with Crippen molar-refractivity contribution in [1.29, 1.82) is 5.26 Å². The Labute approximate surface area is 261 Å². The topological polar surface area (TPSA) is 45.0 Å². The Kier molecular flexibility index (Phi) is 6.40. The van der Waals surface area contributed by atoms with Crippen LogP contribution in [0.15, 0.2) is 146 Å². The second-order valence-corrected chi connectivity index (χ2v) is 11.3. The Hall–Kier alpha value is -6.11. The number of methoxy groups -OCH3 is 1. The number of nitrogens with one attached hydrogen (secondary N) is 1. The van der Waals surface area contributed by atoms with Crippen LogP contribution in [0.3, 0.4) is 0 Å². The van der Waals surface area contributed by atoms with Gasteiger partial charge in [-0.25, -0.2) is 0 Å². The molecule has 212 valence electrons. The van der Waals surface area contributed by atoms with Gasteiger partial charge in [-0.3, -0.25) is 0 Å². The summed E-state index contributed by atoms with van der Waals surface area (Å²) in [6.07, 6.45) is 0. The van der Waals surface area contributed by atoms with Gasteiger partial charge in [0.05, 0.1) is 18.7 Å². The van der Waals surface area contributed by atoms with Crippen molar-refractivity contribution < 1.29 is 4.74 Å². The van der Waals surface area contributed by atoms with Crippen molar-refractivity contribution >= 4 is 43.7 Å². The number of nitriles is 1. The van der Waals surface area contributed by atoms with E-state index in [2.05, 4.69) is 121 Å². The molecular formula is C42H28N2O. The number of anilines is 2. The van der Waals surface area contributed by atoms with Gasteiger partial charge in [-0.2, -0.15) is 5.26 Å². The van der Waals surface area contributed by atoms with Gasteiger partial charge in [0.2, 0.25) is 0 Å². The minimum Gasteiger partial charge on any atom is -0.497 e. The van der Waals surface area contributed by atoms with E-state index in [0.717, 1.165) is 50.5 Å². The van der Waals surface area contributed by atoms with E-state index >= 15 is 0 Å². The van der Waals surface area contributed by atoms with E-state index in [1.165, 1.54) is 32.3 Å². The summed E-state index contributed by atoms with van der Waals surface area (Å²) in [5.74, 6) is 0.846. The Morgan fingerprint density at radius 1 is 0.533 bits per heavy atom. The van der Waals surface area contributed by atoms with Gasteiger partial charge in [0.1, 0.15) is 5.75 Å². The van der Waals surface area contributed by atoms with Crippen LogP contribution in [0, 0.1) is 11.3 Å². The van der Waals surface area contributed by atoms with Crippen molar-refractivity contribution in [2.24, 2.45) is 0 Å². The van der Waals surface area contributed by atoms with Crippen LogP contribution in [0.25, 0.3) is 65.7 Å². The fourth-order valence-electron chi connectivity index (χ4n) is 6.55. The van der Waals surface area contributed by atoms with E-state index in [1.54, 1.807) is 7.11 Å². The molecule has 3 nitrogen and oxygen atoms in total. The van der Waals surface area contributed by atoms with Crippen molar-refractivity contribution in [1.82, 2.24) is 0 Å². The smallest absolute Gasteiger partial charge is 0.118 e. The third kappa shape index (κ3) is 4.61. The van der Waals surface area contributed by atoms with Crippen LogP contribution in [-0.2, 0) is 0 Å². The maximum Gasteiger partial charge on any atom is 0.118 e. The molecule has 8 aromatic rings. The largest absolute Gasteiger partial charge is 0.497 e. The fourth-order valence-corrected chi connectivity index (χ4v) is 6.55. The van der Waals surface area contributed by atoms with Crippen LogP contribution in [0.2, 0.25) is 0 Å². The zero-order chi connectivity index (χ0) is 30.3. The quantitative estimate of drug-likeness (QED) is 0.200. The van der Waals surface area contributed by atoms with Crippen LogP contribution in [0.4, 0.5) is 11.4 Å². The highest BCUT2D eigenvalue weighted by Crippen LogP contribution is 2.45. The predicted octanol–water partition coefficient (Wildman–Crippen LogP) is 11.2. The zero-order valence-corrected chi connectivity index (χ0v) is 24.7. The number of rotatable bonds is 6. The minimum atomic E-state index is 0.647. The summed E-state index contributed by atoms with van der Waals surface area (Å²) in [6.45, 7) is 0. The first-order valence-electron chi connectivity index (χ1n) is 15.0. The summed E-state index contributed by atoms with van der Waals surface area (Å²) in [4.78, 5) is 0. The second-order valence-electron chi connectivity index (χ2n) is 11.3. The van der Waals surface area contributed by atoms with Crippen molar-refractivity contribution in [2.45, 2.75) is 0 Å². The van der Waals surface area contributed by atoms with Crippen LogP contribution in [-0.4, -0.2) is 7.11 Å². The van der Waals surface area contributed by atoms with E-state index in [-0.39, 0.29) is 0 Å². The summed E-state index contributed by atoms with van der Waals surface area (Å²) in [6, 6.07) is 53.2. The molecule has 0 atom stereocenters. The van der Waals surface area contributed by atoms with Crippen LogP contribution < -0.4 is 10.1 Å². The van der Waals surface area contributed by atoms with Gasteiger partial charge in [0.25, 0.3) is 0 Å². The van der Waals surface area contributed by atoms with Crippen molar-refractivity contribution in [2.75, 3.05) is 12.4 Å².